The Hall–Kier alpha value is -1.59. The lowest BCUT2D eigenvalue weighted by atomic mass is 10.0. The summed E-state index contributed by atoms with van der Waals surface area (Å²) < 4.78 is 5.09. The van der Waals surface area contributed by atoms with E-state index in [4.69, 9.17) is 14.9 Å². The Balaban J connectivity index is 2.71. The number of likely N-dealkylation sites (N-methyl/N-ethyl adjacent to an activating group) is 1. The molecule has 0 heterocycles. The highest BCUT2D eigenvalue weighted by atomic mass is 16.5. The second-order valence-electron chi connectivity index (χ2n) is 4.51. The Morgan fingerprint density at radius 3 is 2.47 bits per heavy atom. The quantitative estimate of drug-likeness (QED) is 0.735. The summed E-state index contributed by atoms with van der Waals surface area (Å²) >= 11 is 0. The van der Waals surface area contributed by atoms with Gasteiger partial charge in [-0.3, -0.25) is 4.79 Å². The fourth-order valence-electron chi connectivity index (χ4n) is 1.96. The molecule has 0 aliphatic heterocycles. The number of aliphatic carboxylic acids is 1. The molecule has 1 unspecified atom stereocenters. The third-order valence-electron chi connectivity index (χ3n) is 3.12. The van der Waals surface area contributed by atoms with Crippen LogP contribution in [0, 0.1) is 0 Å². The maximum atomic E-state index is 10.9. The smallest absolute Gasteiger partial charge is 0.304 e. The predicted octanol–water partition coefficient (Wildman–Crippen LogP) is 1.01. The SMILES string of the molecule is COc1ccc(CC(CC(=O)O)N(C)CCO)cc1. The Labute approximate surface area is 113 Å². The molecule has 1 rings (SSSR count). The van der Waals surface area contributed by atoms with Crippen LogP contribution in [0.3, 0.4) is 0 Å². The molecule has 0 spiro atoms. The summed E-state index contributed by atoms with van der Waals surface area (Å²) in [6, 6.07) is 7.46. The minimum absolute atomic E-state index is 0.0230. The number of carboxylic acid groups (broad SMARTS) is 1. The third kappa shape index (κ3) is 5.28. The molecule has 0 aromatic heterocycles. The van der Waals surface area contributed by atoms with Gasteiger partial charge in [0.25, 0.3) is 0 Å². The molecule has 1 aromatic rings. The second-order valence-corrected chi connectivity index (χ2v) is 4.51. The number of carboxylic acids is 1. The molecule has 0 amide bonds. The fourth-order valence-corrected chi connectivity index (χ4v) is 1.96. The van der Waals surface area contributed by atoms with Crippen molar-refractivity contribution >= 4 is 5.97 Å². The van der Waals surface area contributed by atoms with Crippen LogP contribution in [0.4, 0.5) is 0 Å². The first-order chi connectivity index (χ1) is 9.06. The van der Waals surface area contributed by atoms with E-state index in [0.717, 1.165) is 11.3 Å². The van der Waals surface area contributed by atoms with Crippen molar-refractivity contribution in [2.75, 3.05) is 27.3 Å². The van der Waals surface area contributed by atoms with Gasteiger partial charge in [-0.25, -0.2) is 0 Å². The molecule has 0 aliphatic carbocycles. The molecule has 0 bridgehead atoms. The van der Waals surface area contributed by atoms with E-state index in [1.807, 2.05) is 36.2 Å². The van der Waals surface area contributed by atoms with Crippen LogP contribution < -0.4 is 4.74 Å². The Morgan fingerprint density at radius 1 is 1.37 bits per heavy atom. The molecule has 0 aliphatic rings. The van der Waals surface area contributed by atoms with Gasteiger partial charge in [-0.05, 0) is 31.2 Å². The highest BCUT2D eigenvalue weighted by Gasteiger charge is 2.18. The van der Waals surface area contributed by atoms with Gasteiger partial charge in [0, 0.05) is 12.6 Å². The van der Waals surface area contributed by atoms with Gasteiger partial charge in [0.15, 0.2) is 0 Å². The summed E-state index contributed by atoms with van der Waals surface area (Å²) in [6.45, 7) is 0.489. The van der Waals surface area contributed by atoms with Gasteiger partial charge in [-0.1, -0.05) is 12.1 Å². The number of aliphatic hydroxyl groups is 1. The molecular formula is C14H21NO4. The number of aliphatic hydroxyl groups excluding tert-OH is 1. The Morgan fingerprint density at radius 2 is 2.00 bits per heavy atom. The predicted molar refractivity (Wildman–Crippen MR) is 72.5 cm³/mol. The first kappa shape index (κ1) is 15.5. The maximum absolute atomic E-state index is 10.9. The van der Waals surface area contributed by atoms with Gasteiger partial charge in [-0.15, -0.1) is 0 Å². The van der Waals surface area contributed by atoms with Crippen molar-refractivity contribution in [2.24, 2.45) is 0 Å². The van der Waals surface area contributed by atoms with Gasteiger partial charge < -0.3 is 19.8 Å². The van der Waals surface area contributed by atoms with E-state index in [2.05, 4.69) is 0 Å². The summed E-state index contributed by atoms with van der Waals surface area (Å²) in [6.07, 6.45) is 0.690. The zero-order valence-corrected chi connectivity index (χ0v) is 11.4. The number of ether oxygens (including phenoxy) is 1. The molecule has 5 heteroatoms. The van der Waals surface area contributed by atoms with Crippen LogP contribution in [-0.2, 0) is 11.2 Å². The summed E-state index contributed by atoms with van der Waals surface area (Å²) in [7, 11) is 3.44. The van der Waals surface area contributed by atoms with Crippen molar-refractivity contribution in [3.63, 3.8) is 0 Å². The number of carbonyl (C=O) groups is 1. The molecule has 2 N–H and O–H groups in total. The first-order valence-electron chi connectivity index (χ1n) is 6.22. The summed E-state index contributed by atoms with van der Waals surface area (Å²) in [5, 5.41) is 17.9. The number of hydrogen-bond acceptors (Lipinski definition) is 4. The third-order valence-corrected chi connectivity index (χ3v) is 3.12. The monoisotopic (exact) mass is 267 g/mol. The number of methoxy groups -OCH3 is 1. The second kappa shape index (κ2) is 7.76. The minimum Gasteiger partial charge on any atom is -0.497 e. The summed E-state index contributed by atoms with van der Waals surface area (Å²) in [4.78, 5) is 12.8. The van der Waals surface area contributed by atoms with Crippen molar-refractivity contribution in [2.45, 2.75) is 18.9 Å². The summed E-state index contributed by atoms with van der Waals surface area (Å²) in [5.41, 5.74) is 1.05. The molecular weight excluding hydrogens is 246 g/mol. The van der Waals surface area contributed by atoms with E-state index in [-0.39, 0.29) is 19.1 Å². The molecule has 0 radical (unpaired) electrons. The topological polar surface area (TPSA) is 70.0 Å². The normalized spacial score (nSPS) is 12.4. The van der Waals surface area contributed by atoms with E-state index >= 15 is 0 Å². The molecule has 106 valence electrons. The van der Waals surface area contributed by atoms with Crippen molar-refractivity contribution in [1.29, 1.82) is 0 Å². The van der Waals surface area contributed by atoms with Crippen LogP contribution in [0.1, 0.15) is 12.0 Å². The molecule has 1 atom stereocenters. The van der Waals surface area contributed by atoms with Crippen molar-refractivity contribution in [1.82, 2.24) is 4.90 Å². The number of rotatable bonds is 8. The Kier molecular flexibility index (Phi) is 6.32. The average Bonchev–Trinajstić information content (AvgIpc) is 2.38. The van der Waals surface area contributed by atoms with Gasteiger partial charge in [0.1, 0.15) is 5.75 Å². The highest BCUT2D eigenvalue weighted by Crippen LogP contribution is 2.15. The van der Waals surface area contributed by atoms with Crippen molar-refractivity contribution in [3.05, 3.63) is 29.8 Å². The molecule has 1 aromatic carbocycles. The van der Waals surface area contributed by atoms with Crippen LogP contribution in [0.5, 0.6) is 5.75 Å². The average molecular weight is 267 g/mol. The van der Waals surface area contributed by atoms with E-state index in [0.29, 0.717) is 13.0 Å². The first-order valence-corrected chi connectivity index (χ1v) is 6.22. The van der Waals surface area contributed by atoms with Gasteiger partial charge >= 0.3 is 5.97 Å². The highest BCUT2D eigenvalue weighted by molar-refractivity contribution is 5.67. The lowest BCUT2D eigenvalue weighted by molar-refractivity contribution is -0.138. The van der Waals surface area contributed by atoms with Crippen molar-refractivity contribution < 1.29 is 19.7 Å². The standard InChI is InChI=1S/C14H21NO4/c1-15(7-8-16)12(10-14(17)18)9-11-3-5-13(19-2)6-4-11/h3-6,12,16H,7-10H2,1-2H3,(H,17,18). The fraction of sp³-hybridized carbons (Fsp3) is 0.500. The lowest BCUT2D eigenvalue weighted by Crippen LogP contribution is -2.37. The van der Waals surface area contributed by atoms with Crippen LogP contribution in [0.25, 0.3) is 0 Å². The van der Waals surface area contributed by atoms with Gasteiger partial charge in [0.05, 0.1) is 20.1 Å². The van der Waals surface area contributed by atoms with E-state index in [9.17, 15) is 4.79 Å². The maximum Gasteiger partial charge on any atom is 0.304 e. The minimum atomic E-state index is -0.830. The molecule has 5 nitrogen and oxygen atoms in total. The van der Waals surface area contributed by atoms with Crippen molar-refractivity contribution in [3.8, 4) is 5.75 Å². The largest absolute Gasteiger partial charge is 0.497 e. The molecule has 0 saturated heterocycles. The van der Waals surface area contributed by atoms with E-state index in [1.54, 1.807) is 7.11 Å². The zero-order chi connectivity index (χ0) is 14.3. The molecule has 0 saturated carbocycles. The lowest BCUT2D eigenvalue weighted by Gasteiger charge is -2.26. The molecule has 19 heavy (non-hydrogen) atoms. The van der Waals surface area contributed by atoms with Crippen LogP contribution in [0.15, 0.2) is 24.3 Å². The number of hydrogen-bond donors (Lipinski definition) is 2. The van der Waals surface area contributed by atoms with Gasteiger partial charge in [0.2, 0.25) is 0 Å². The van der Waals surface area contributed by atoms with Gasteiger partial charge in [-0.2, -0.15) is 0 Å². The van der Waals surface area contributed by atoms with Crippen LogP contribution in [0.2, 0.25) is 0 Å². The van der Waals surface area contributed by atoms with Crippen LogP contribution >= 0.6 is 0 Å². The zero-order valence-electron chi connectivity index (χ0n) is 11.4. The van der Waals surface area contributed by atoms with E-state index in [1.165, 1.54) is 0 Å². The summed E-state index contributed by atoms with van der Waals surface area (Å²) in [5.74, 6) is -0.0504. The van der Waals surface area contributed by atoms with Crippen LogP contribution in [-0.4, -0.2) is 54.4 Å². The van der Waals surface area contributed by atoms with E-state index < -0.39 is 5.97 Å². The Bertz CT molecular complexity index is 391. The number of nitrogens with zero attached hydrogens (tertiary/aromatic N) is 1. The molecule has 0 fully saturated rings. The number of benzene rings is 1.